The summed E-state index contributed by atoms with van der Waals surface area (Å²) in [7, 11) is 0. The van der Waals surface area contributed by atoms with Crippen LogP contribution in [-0.2, 0) is 16.0 Å². The van der Waals surface area contributed by atoms with Gasteiger partial charge < -0.3 is 26.0 Å². The summed E-state index contributed by atoms with van der Waals surface area (Å²) in [5.74, 6) is -0.468. The Bertz CT molecular complexity index is 1180. The first-order valence-corrected chi connectivity index (χ1v) is 12.6. The second-order valence-corrected chi connectivity index (χ2v) is 9.99. The van der Waals surface area contributed by atoms with Crippen molar-refractivity contribution in [2.45, 2.75) is 58.0 Å². The molecule has 0 aliphatic heterocycles. The van der Waals surface area contributed by atoms with Gasteiger partial charge in [-0.2, -0.15) is 0 Å². The van der Waals surface area contributed by atoms with Crippen molar-refractivity contribution in [3.63, 3.8) is 0 Å². The number of alkyl carbamates (subject to hydrolysis) is 1. The van der Waals surface area contributed by atoms with Crippen LogP contribution in [0, 0.1) is 0 Å². The number of amides is 4. The van der Waals surface area contributed by atoms with E-state index >= 15 is 0 Å². The molecule has 0 heterocycles. The Morgan fingerprint density at radius 3 is 1.79 bits per heavy atom. The Kier molecular flexibility index (Phi) is 9.87. The maximum absolute atomic E-state index is 13.5. The maximum Gasteiger partial charge on any atom is 0.408 e. The lowest BCUT2D eigenvalue weighted by Crippen LogP contribution is -2.53. The monoisotopic (exact) mass is 516 g/mol. The second kappa shape index (κ2) is 13.3. The van der Waals surface area contributed by atoms with Gasteiger partial charge in [0.05, 0.1) is 6.04 Å². The molecule has 0 aliphatic carbocycles. The van der Waals surface area contributed by atoms with Gasteiger partial charge in [-0.05, 0) is 44.4 Å². The number of carbonyl (C=O) groups excluding carboxylic acids is 3. The molecule has 0 bridgehead atoms. The third-order valence-corrected chi connectivity index (χ3v) is 5.63. The van der Waals surface area contributed by atoms with Crippen molar-refractivity contribution in [1.29, 1.82) is 0 Å². The van der Waals surface area contributed by atoms with Crippen molar-refractivity contribution >= 4 is 18.0 Å². The number of nitrogens with one attached hydrogen (secondary N) is 4. The summed E-state index contributed by atoms with van der Waals surface area (Å²) in [6.45, 7) is 7.14. The zero-order valence-electron chi connectivity index (χ0n) is 22.2. The number of hydrogen-bond acceptors (Lipinski definition) is 4. The molecule has 0 unspecified atom stereocenters. The van der Waals surface area contributed by atoms with Crippen molar-refractivity contribution in [2.75, 3.05) is 0 Å². The molecule has 0 spiro atoms. The van der Waals surface area contributed by atoms with Crippen LogP contribution in [0.15, 0.2) is 91.0 Å². The molecule has 3 atom stereocenters. The maximum atomic E-state index is 13.5. The van der Waals surface area contributed by atoms with Gasteiger partial charge >= 0.3 is 12.1 Å². The van der Waals surface area contributed by atoms with Crippen LogP contribution in [0.4, 0.5) is 9.59 Å². The quantitative estimate of drug-likeness (QED) is 0.300. The van der Waals surface area contributed by atoms with Gasteiger partial charge in [0.15, 0.2) is 0 Å². The number of carbonyl (C=O) groups is 3. The van der Waals surface area contributed by atoms with Crippen LogP contribution < -0.4 is 21.3 Å². The Morgan fingerprint density at radius 1 is 0.711 bits per heavy atom. The third kappa shape index (κ3) is 9.28. The molecule has 3 aromatic carbocycles. The molecule has 3 rings (SSSR count). The van der Waals surface area contributed by atoms with Crippen molar-refractivity contribution < 1.29 is 19.1 Å². The fraction of sp³-hybridized carbons (Fsp3) is 0.300. The van der Waals surface area contributed by atoms with Gasteiger partial charge in [0.2, 0.25) is 5.91 Å². The zero-order chi connectivity index (χ0) is 27.5. The van der Waals surface area contributed by atoms with E-state index < -0.39 is 35.8 Å². The van der Waals surface area contributed by atoms with E-state index in [-0.39, 0.29) is 12.5 Å². The largest absolute Gasteiger partial charge is 0.444 e. The lowest BCUT2D eigenvalue weighted by atomic mass is 10.0. The highest BCUT2D eigenvalue weighted by molar-refractivity contribution is 5.87. The van der Waals surface area contributed by atoms with Gasteiger partial charge in [-0.3, -0.25) is 4.79 Å². The summed E-state index contributed by atoms with van der Waals surface area (Å²) in [6, 6.07) is 26.4. The van der Waals surface area contributed by atoms with E-state index in [4.69, 9.17) is 4.74 Å². The van der Waals surface area contributed by atoms with Crippen LogP contribution in [0.25, 0.3) is 0 Å². The number of urea groups is 1. The van der Waals surface area contributed by atoms with E-state index in [1.54, 1.807) is 32.9 Å². The van der Waals surface area contributed by atoms with Crippen molar-refractivity contribution in [3.8, 4) is 0 Å². The molecule has 0 saturated heterocycles. The zero-order valence-corrected chi connectivity index (χ0v) is 22.2. The number of benzene rings is 3. The average molecular weight is 517 g/mol. The average Bonchev–Trinajstić information content (AvgIpc) is 2.88. The topological polar surface area (TPSA) is 109 Å². The Hall–Kier alpha value is -4.33. The van der Waals surface area contributed by atoms with Crippen LogP contribution in [0.1, 0.15) is 56.6 Å². The predicted molar refractivity (Wildman–Crippen MR) is 147 cm³/mol. The molecule has 0 aromatic heterocycles. The fourth-order valence-corrected chi connectivity index (χ4v) is 3.79. The first kappa shape index (κ1) is 28.2. The van der Waals surface area contributed by atoms with Crippen LogP contribution in [-0.4, -0.2) is 29.7 Å². The minimum atomic E-state index is -0.938. The molecular weight excluding hydrogens is 480 g/mol. The van der Waals surface area contributed by atoms with E-state index in [1.807, 2.05) is 85.8 Å². The van der Waals surface area contributed by atoms with Gasteiger partial charge in [0, 0.05) is 6.42 Å². The fourth-order valence-electron chi connectivity index (χ4n) is 3.79. The summed E-state index contributed by atoms with van der Waals surface area (Å²) in [5.41, 5.74) is 1.77. The van der Waals surface area contributed by atoms with Crippen LogP contribution >= 0.6 is 0 Å². The van der Waals surface area contributed by atoms with Crippen molar-refractivity contribution in [1.82, 2.24) is 21.3 Å². The Balaban J connectivity index is 1.77. The first-order chi connectivity index (χ1) is 18.1. The number of ether oxygens (including phenoxy) is 1. The molecule has 3 aromatic rings. The van der Waals surface area contributed by atoms with Gasteiger partial charge in [-0.25, -0.2) is 9.59 Å². The highest BCUT2D eigenvalue weighted by atomic mass is 16.6. The minimum Gasteiger partial charge on any atom is -0.444 e. The van der Waals surface area contributed by atoms with E-state index in [0.29, 0.717) is 5.56 Å². The van der Waals surface area contributed by atoms with Crippen LogP contribution in [0.2, 0.25) is 0 Å². The Labute approximate surface area is 224 Å². The molecule has 8 nitrogen and oxygen atoms in total. The smallest absolute Gasteiger partial charge is 0.408 e. The summed E-state index contributed by atoms with van der Waals surface area (Å²) in [5, 5.41) is 11.3. The number of hydrogen-bond donors (Lipinski definition) is 4. The first-order valence-electron chi connectivity index (χ1n) is 12.6. The lowest BCUT2D eigenvalue weighted by Gasteiger charge is -2.27. The Morgan fingerprint density at radius 2 is 1.24 bits per heavy atom. The molecule has 0 fully saturated rings. The van der Waals surface area contributed by atoms with Gasteiger partial charge in [-0.1, -0.05) is 91.0 Å². The molecule has 4 amide bonds. The normalized spacial score (nSPS) is 13.4. The van der Waals surface area contributed by atoms with E-state index in [0.717, 1.165) is 11.1 Å². The van der Waals surface area contributed by atoms with Crippen LogP contribution in [0.3, 0.4) is 0 Å². The molecule has 200 valence electrons. The molecule has 38 heavy (non-hydrogen) atoms. The molecule has 0 radical (unpaired) electrons. The number of rotatable bonds is 9. The van der Waals surface area contributed by atoms with Crippen LogP contribution in [0.5, 0.6) is 0 Å². The molecule has 0 saturated carbocycles. The standard InChI is InChI=1S/C30H36N4O4/c1-21(23-16-10-6-11-17-23)31-28(36)34-26(24-18-12-7-13-19-24)33-27(35)25(20-22-14-8-5-9-15-22)32-29(37)38-30(2,3)4/h5-19,21,25-26H,20H2,1-4H3,(H,32,37)(H,33,35)(H2,31,34,36)/t21-,25-,26+/m0/s1. The third-order valence-electron chi connectivity index (χ3n) is 5.63. The second-order valence-electron chi connectivity index (χ2n) is 9.99. The van der Waals surface area contributed by atoms with Gasteiger partial charge in [-0.15, -0.1) is 0 Å². The van der Waals surface area contributed by atoms with E-state index in [9.17, 15) is 14.4 Å². The van der Waals surface area contributed by atoms with E-state index in [2.05, 4.69) is 21.3 Å². The van der Waals surface area contributed by atoms with Crippen molar-refractivity contribution in [3.05, 3.63) is 108 Å². The highest BCUT2D eigenvalue weighted by Crippen LogP contribution is 2.14. The summed E-state index contributed by atoms with van der Waals surface area (Å²) < 4.78 is 5.39. The summed E-state index contributed by atoms with van der Waals surface area (Å²) in [6.07, 6.45) is -1.30. The summed E-state index contributed by atoms with van der Waals surface area (Å²) >= 11 is 0. The SMILES string of the molecule is C[C@H](NC(=O)N[C@@H](NC(=O)[C@H](Cc1ccccc1)NC(=O)OC(C)(C)C)c1ccccc1)c1ccccc1. The van der Waals surface area contributed by atoms with E-state index in [1.165, 1.54) is 0 Å². The van der Waals surface area contributed by atoms with Crippen molar-refractivity contribution in [2.24, 2.45) is 0 Å². The van der Waals surface area contributed by atoms with Gasteiger partial charge in [0.1, 0.15) is 17.8 Å². The summed E-state index contributed by atoms with van der Waals surface area (Å²) in [4.78, 5) is 39.0. The minimum absolute atomic E-state index is 0.241. The highest BCUT2D eigenvalue weighted by Gasteiger charge is 2.27. The molecule has 0 aliphatic rings. The van der Waals surface area contributed by atoms with Gasteiger partial charge in [0.25, 0.3) is 0 Å². The predicted octanol–water partition coefficient (Wildman–Crippen LogP) is 5.00. The molecular formula is C30H36N4O4. The molecule has 4 N–H and O–H groups in total. The molecule has 8 heteroatoms. The lowest BCUT2D eigenvalue weighted by molar-refractivity contribution is -0.124.